The Labute approximate surface area is 99.9 Å². The molecule has 0 aliphatic carbocycles. The molecule has 1 heterocycles. The molecule has 3 heteroatoms. The second-order valence-corrected chi connectivity index (χ2v) is 4.44. The zero-order valence-corrected chi connectivity index (χ0v) is 10.3. The van der Waals surface area contributed by atoms with E-state index in [1.54, 1.807) is 17.9 Å². The van der Waals surface area contributed by atoms with Crippen LogP contribution in [0.1, 0.15) is 17.5 Å². The number of rotatable bonds is 4. The van der Waals surface area contributed by atoms with Gasteiger partial charge in [0, 0.05) is 12.2 Å². The first kappa shape index (κ1) is 11.3. The number of aryl methyl sites for hydroxylation is 1. The number of hydrogen-bond acceptors (Lipinski definition) is 3. The maximum atomic E-state index is 5.29. The second-order valence-electron chi connectivity index (χ2n) is 3.41. The Bertz CT molecular complexity index is 450. The summed E-state index contributed by atoms with van der Waals surface area (Å²) in [6, 6.07) is 10.2. The molecule has 0 N–H and O–H groups in total. The fourth-order valence-electron chi connectivity index (χ4n) is 1.38. The van der Waals surface area contributed by atoms with E-state index in [1.807, 2.05) is 32.0 Å². The van der Waals surface area contributed by atoms with Gasteiger partial charge in [0.2, 0.25) is 0 Å². The average Bonchev–Trinajstić information content (AvgIpc) is 2.69. The molecule has 16 heavy (non-hydrogen) atoms. The van der Waals surface area contributed by atoms with Crippen molar-refractivity contribution in [3.05, 3.63) is 47.5 Å². The highest BCUT2D eigenvalue weighted by Gasteiger charge is 2.09. The first-order valence-corrected chi connectivity index (χ1v) is 6.10. The fourth-order valence-corrected chi connectivity index (χ4v) is 2.34. The Balaban J connectivity index is 2.24. The van der Waals surface area contributed by atoms with Crippen LogP contribution >= 0.6 is 11.3 Å². The molecule has 0 spiro atoms. The molecule has 0 bridgehead atoms. The molecule has 0 fully saturated rings. The molecule has 1 aromatic carbocycles. The molecule has 0 atom stereocenters. The van der Waals surface area contributed by atoms with Crippen molar-refractivity contribution in [3.8, 4) is 10.6 Å². The molecule has 0 saturated heterocycles. The third-order valence-corrected chi connectivity index (χ3v) is 3.34. The van der Waals surface area contributed by atoms with Crippen molar-refractivity contribution in [2.24, 2.45) is 0 Å². The van der Waals surface area contributed by atoms with Crippen molar-refractivity contribution in [1.29, 1.82) is 0 Å². The van der Waals surface area contributed by atoms with Gasteiger partial charge in [0.25, 0.3) is 0 Å². The molecular formula is C13H14NOS. The molecular weight excluding hydrogens is 218 g/mol. The summed E-state index contributed by atoms with van der Waals surface area (Å²) in [6.45, 7) is 6.47. The van der Waals surface area contributed by atoms with E-state index in [4.69, 9.17) is 4.74 Å². The third kappa shape index (κ3) is 2.49. The summed E-state index contributed by atoms with van der Waals surface area (Å²) in [4.78, 5) is 5.64. The Morgan fingerprint density at radius 3 is 2.75 bits per heavy atom. The molecule has 0 aliphatic heterocycles. The summed E-state index contributed by atoms with van der Waals surface area (Å²) in [5.74, 6) is 0. The molecule has 0 unspecified atom stereocenters. The van der Waals surface area contributed by atoms with Crippen LogP contribution in [0.5, 0.6) is 0 Å². The summed E-state index contributed by atoms with van der Waals surface area (Å²) in [7, 11) is 0. The van der Waals surface area contributed by atoms with Crippen LogP contribution in [0.15, 0.2) is 30.3 Å². The molecule has 0 amide bonds. The lowest BCUT2D eigenvalue weighted by atomic mass is 10.2. The van der Waals surface area contributed by atoms with E-state index >= 15 is 0 Å². The van der Waals surface area contributed by atoms with E-state index in [2.05, 4.69) is 17.1 Å². The highest BCUT2D eigenvalue weighted by Crippen LogP contribution is 2.28. The van der Waals surface area contributed by atoms with Gasteiger partial charge in [0.05, 0.1) is 10.6 Å². The zero-order valence-electron chi connectivity index (χ0n) is 9.43. The SMILES string of the molecule is CCO[CH]c1sc(-c2ccccc2)nc1C. The van der Waals surface area contributed by atoms with Gasteiger partial charge in [0.1, 0.15) is 11.6 Å². The number of aromatic nitrogens is 1. The van der Waals surface area contributed by atoms with E-state index < -0.39 is 0 Å². The maximum Gasteiger partial charge on any atom is 0.125 e. The van der Waals surface area contributed by atoms with Crippen LogP contribution < -0.4 is 0 Å². The molecule has 2 nitrogen and oxygen atoms in total. The van der Waals surface area contributed by atoms with Crippen molar-refractivity contribution in [1.82, 2.24) is 4.98 Å². The maximum absolute atomic E-state index is 5.29. The Morgan fingerprint density at radius 1 is 1.31 bits per heavy atom. The van der Waals surface area contributed by atoms with Gasteiger partial charge in [-0.05, 0) is 13.8 Å². The van der Waals surface area contributed by atoms with E-state index in [-0.39, 0.29) is 0 Å². The van der Waals surface area contributed by atoms with Crippen LogP contribution in [0.2, 0.25) is 0 Å². The van der Waals surface area contributed by atoms with Crippen molar-refractivity contribution < 1.29 is 4.74 Å². The van der Waals surface area contributed by atoms with Crippen molar-refractivity contribution >= 4 is 11.3 Å². The van der Waals surface area contributed by atoms with Gasteiger partial charge >= 0.3 is 0 Å². The number of nitrogens with zero attached hydrogens (tertiary/aromatic N) is 1. The van der Waals surface area contributed by atoms with Crippen LogP contribution in [0.3, 0.4) is 0 Å². The van der Waals surface area contributed by atoms with E-state index in [9.17, 15) is 0 Å². The standard InChI is InChI=1S/C13H14NOS/c1-3-15-9-12-10(2)14-13(16-12)11-7-5-4-6-8-11/h4-9H,3H2,1-2H3. The average molecular weight is 232 g/mol. The predicted octanol–water partition coefficient (Wildman–Crippen LogP) is 3.66. The molecule has 2 rings (SSSR count). The van der Waals surface area contributed by atoms with Crippen molar-refractivity contribution in [3.63, 3.8) is 0 Å². The van der Waals surface area contributed by atoms with Gasteiger partial charge in [-0.3, -0.25) is 0 Å². The fraction of sp³-hybridized carbons (Fsp3) is 0.231. The summed E-state index contributed by atoms with van der Waals surface area (Å²) < 4.78 is 5.29. The van der Waals surface area contributed by atoms with E-state index in [1.165, 1.54) is 0 Å². The lowest BCUT2D eigenvalue weighted by Gasteiger charge is -1.96. The molecule has 2 aromatic rings. The highest BCUT2D eigenvalue weighted by molar-refractivity contribution is 7.15. The minimum atomic E-state index is 0.692. The van der Waals surface area contributed by atoms with Gasteiger partial charge in [0.15, 0.2) is 0 Å². The largest absolute Gasteiger partial charge is 0.370 e. The first-order valence-electron chi connectivity index (χ1n) is 5.29. The Morgan fingerprint density at radius 2 is 2.06 bits per heavy atom. The van der Waals surface area contributed by atoms with Gasteiger partial charge < -0.3 is 4.74 Å². The summed E-state index contributed by atoms with van der Waals surface area (Å²) in [5, 5.41) is 1.05. The van der Waals surface area contributed by atoms with Crippen LogP contribution in [-0.2, 0) is 4.74 Å². The first-order chi connectivity index (χ1) is 7.81. The molecule has 0 aliphatic rings. The topological polar surface area (TPSA) is 22.1 Å². The minimum absolute atomic E-state index is 0.692. The quantitative estimate of drug-likeness (QED) is 0.802. The minimum Gasteiger partial charge on any atom is -0.370 e. The van der Waals surface area contributed by atoms with Crippen LogP contribution in [0, 0.1) is 13.5 Å². The van der Waals surface area contributed by atoms with E-state index in [0.29, 0.717) is 6.61 Å². The number of thiazole rings is 1. The Hall–Kier alpha value is -1.19. The predicted molar refractivity (Wildman–Crippen MR) is 67.3 cm³/mol. The Kier molecular flexibility index (Phi) is 3.70. The summed E-state index contributed by atoms with van der Waals surface area (Å²) in [5.41, 5.74) is 2.18. The zero-order chi connectivity index (χ0) is 11.4. The van der Waals surface area contributed by atoms with Gasteiger partial charge in [-0.15, -0.1) is 11.3 Å². The number of hydrogen-bond donors (Lipinski definition) is 0. The van der Waals surface area contributed by atoms with Gasteiger partial charge in [-0.1, -0.05) is 30.3 Å². The van der Waals surface area contributed by atoms with Gasteiger partial charge in [-0.2, -0.15) is 0 Å². The van der Waals surface area contributed by atoms with Crippen LogP contribution in [0.25, 0.3) is 10.6 Å². The van der Waals surface area contributed by atoms with Crippen LogP contribution in [-0.4, -0.2) is 11.6 Å². The van der Waals surface area contributed by atoms with Gasteiger partial charge in [-0.25, -0.2) is 4.98 Å². The molecule has 83 valence electrons. The second kappa shape index (κ2) is 5.23. The van der Waals surface area contributed by atoms with Crippen molar-refractivity contribution in [2.75, 3.05) is 6.61 Å². The molecule has 0 saturated carbocycles. The number of benzene rings is 1. The normalized spacial score (nSPS) is 10.6. The van der Waals surface area contributed by atoms with E-state index in [0.717, 1.165) is 21.1 Å². The molecule has 1 radical (unpaired) electrons. The summed E-state index contributed by atoms with van der Waals surface area (Å²) >= 11 is 1.66. The third-order valence-electron chi connectivity index (χ3n) is 2.21. The number of ether oxygens (including phenoxy) is 1. The van der Waals surface area contributed by atoms with Crippen molar-refractivity contribution in [2.45, 2.75) is 13.8 Å². The lowest BCUT2D eigenvalue weighted by molar-refractivity contribution is 0.231. The smallest absolute Gasteiger partial charge is 0.125 e. The lowest BCUT2D eigenvalue weighted by Crippen LogP contribution is -1.87. The van der Waals surface area contributed by atoms with Crippen LogP contribution in [0.4, 0.5) is 0 Å². The summed E-state index contributed by atoms with van der Waals surface area (Å²) in [6.07, 6.45) is 0. The molecule has 1 aromatic heterocycles. The monoisotopic (exact) mass is 232 g/mol. The highest BCUT2D eigenvalue weighted by atomic mass is 32.1.